The molecule has 0 unspecified atom stereocenters. The Balaban J connectivity index is 1.41. The summed E-state index contributed by atoms with van der Waals surface area (Å²) in [6.45, 7) is 1.89. The van der Waals surface area contributed by atoms with Gasteiger partial charge in [-0.05, 0) is 54.5 Å². The van der Waals surface area contributed by atoms with Crippen LogP contribution in [0.5, 0.6) is 0 Å². The van der Waals surface area contributed by atoms with E-state index in [4.69, 9.17) is 0 Å². The molecule has 2 fully saturated rings. The van der Waals surface area contributed by atoms with Crippen molar-refractivity contribution in [1.29, 1.82) is 0 Å². The summed E-state index contributed by atoms with van der Waals surface area (Å²) in [5, 5.41) is 2.57. The zero-order chi connectivity index (χ0) is 26.8. The Bertz CT molecular complexity index is 1500. The van der Waals surface area contributed by atoms with Gasteiger partial charge in [-0.25, -0.2) is 4.90 Å². The molecule has 0 spiro atoms. The minimum atomic E-state index is -4.58. The number of carbonyl (C=O) groups excluding carboxylic acids is 3. The number of aryl methyl sites for hydroxylation is 1. The third kappa shape index (κ3) is 3.69. The van der Waals surface area contributed by atoms with Gasteiger partial charge >= 0.3 is 6.18 Å². The van der Waals surface area contributed by atoms with Crippen LogP contribution in [0.15, 0.2) is 79.0 Å². The standard InChI is InChI=1S/C29H22F3N3O3/c1-16-9-11-20(12-10-16)35-27(37)22-23(28(35)38)25(34-14-13-17-5-2-3-8-21(17)24(22)34)26(36)33-19-7-4-6-18(15-19)29(30,31)32/h2-15,22-25H,1H3,(H,33,36)/t22-,23+,24+,25+/m0/s1. The normalized spacial score (nSPS) is 23.8. The van der Waals surface area contributed by atoms with Crippen LogP contribution in [-0.2, 0) is 20.6 Å². The lowest BCUT2D eigenvalue weighted by atomic mass is 9.84. The SMILES string of the molecule is Cc1ccc(N2C(=O)[C@@H]3[C@H](C2=O)[C@H]2c4ccccc4C=CN2[C@H]3C(=O)Nc2cccc(C(F)(F)F)c2)cc1. The van der Waals surface area contributed by atoms with E-state index in [-0.39, 0.29) is 5.69 Å². The fraction of sp³-hybridized carbons (Fsp3) is 0.207. The number of nitrogens with zero attached hydrogens (tertiary/aromatic N) is 2. The molecule has 3 amide bonds. The molecular weight excluding hydrogens is 495 g/mol. The number of nitrogens with one attached hydrogen (secondary N) is 1. The minimum absolute atomic E-state index is 0.0432. The van der Waals surface area contributed by atoms with Gasteiger partial charge in [0.1, 0.15) is 6.04 Å². The summed E-state index contributed by atoms with van der Waals surface area (Å²) < 4.78 is 39.8. The topological polar surface area (TPSA) is 69.7 Å². The molecular formula is C29H22F3N3O3. The second-order valence-electron chi connectivity index (χ2n) is 9.75. The van der Waals surface area contributed by atoms with Crippen LogP contribution in [0.4, 0.5) is 24.5 Å². The molecule has 0 bridgehead atoms. The lowest BCUT2D eigenvalue weighted by Crippen LogP contribution is -2.46. The Morgan fingerprint density at radius 3 is 2.34 bits per heavy atom. The van der Waals surface area contributed by atoms with Gasteiger partial charge in [0, 0.05) is 11.9 Å². The smallest absolute Gasteiger partial charge is 0.357 e. The number of hydrogen-bond donors (Lipinski definition) is 1. The van der Waals surface area contributed by atoms with Crippen molar-refractivity contribution in [2.45, 2.75) is 25.2 Å². The Morgan fingerprint density at radius 1 is 0.895 bits per heavy atom. The molecule has 3 aliphatic heterocycles. The van der Waals surface area contributed by atoms with E-state index in [1.165, 1.54) is 12.1 Å². The van der Waals surface area contributed by atoms with Crippen molar-refractivity contribution in [1.82, 2.24) is 4.90 Å². The molecule has 6 rings (SSSR count). The number of carbonyl (C=O) groups is 3. The maximum atomic E-state index is 13.8. The lowest BCUT2D eigenvalue weighted by molar-refractivity contribution is -0.137. The van der Waals surface area contributed by atoms with Gasteiger partial charge in [0.05, 0.1) is 29.1 Å². The van der Waals surface area contributed by atoms with E-state index in [9.17, 15) is 27.6 Å². The van der Waals surface area contributed by atoms with Crippen molar-refractivity contribution in [3.05, 3.63) is 101 Å². The number of hydrogen-bond acceptors (Lipinski definition) is 4. The van der Waals surface area contributed by atoms with Gasteiger partial charge in [-0.1, -0.05) is 48.0 Å². The van der Waals surface area contributed by atoms with E-state index in [0.717, 1.165) is 33.7 Å². The van der Waals surface area contributed by atoms with Crippen LogP contribution in [0.25, 0.3) is 6.08 Å². The average molecular weight is 518 g/mol. The number of benzene rings is 3. The summed E-state index contributed by atoms with van der Waals surface area (Å²) in [5.74, 6) is -3.42. The first-order valence-corrected chi connectivity index (χ1v) is 12.1. The Hall–Kier alpha value is -4.40. The van der Waals surface area contributed by atoms with Crippen LogP contribution in [0.3, 0.4) is 0 Å². The van der Waals surface area contributed by atoms with Gasteiger partial charge in [-0.15, -0.1) is 0 Å². The monoisotopic (exact) mass is 517 g/mol. The second-order valence-corrected chi connectivity index (χ2v) is 9.75. The number of halogens is 3. The van der Waals surface area contributed by atoms with E-state index >= 15 is 0 Å². The predicted molar refractivity (Wildman–Crippen MR) is 135 cm³/mol. The number of alkyl halides is 3. The van der Waals surface area contributed by atoms with Crippen LogP contribution in [0.1, 0.15) is 28.3 Å². The summed E-state index contributed by atoms with van der Waals surface area (Å²) in [7, 11) is 0. The zero-order valence-electron chi connectivity index (χ0n) is 20.1. The number of rotatable bonds is 3. The molecule has 3 heterocycles. The van der Waals surface area contributed by atoms with Crippen LogP contribution >= 0.6 is 0 Å². The van der Waals surface area contributed by atoms with Crippen molar-refractivity contribution in [3.8, 4) is 0 Å². The van der Waals surface area contributed by atoms with Crippen molar-refractivity contribution in [2.75, 3.05) is 10.2 Å². The van der Waals surface area contributed by atoms with Crippen molar-refractivity contribution >= 4 is 35.2 Å². The summed E-state index contributed by atoms with van der Waals surface area (Å²) in [4.78, 5) is 44.2. The van der Waals surface area contributed by atoms with E-state index in [2.05, 4.69) is 5.32 Å². The number of amides is 3. The van der Waals surface area contributed by atoms with E-state index in [1.807, 2.05) is 37.3 Å². The molecule has 1 N–H and O–H groups in total. The summed E-state index contributed by atoms with van der Waals surface area (Å²) in [6, 6.07) is 17.1. The molecule has 9 heteroatoms. The highest BCUT2D eigenvalue weighted by atomic mass is 19.4. The number of anilines is 2. The maximum Gasteiger partial charge on any atom is 0.416 e. The molecule has 6 nitrogen and oxygen atoms in total. The van der Waals surface area contributed by atoms with Gasteiger partial charge < -0.3 is 10.2 Å². The molecule has 0 saturated carbocycles. The molecule has 2 saturated heterocycles. The molecule has 3 aromatic rings. The highest BCUT2D eigenvalue weighted by Gasteiger charge is 2.64. The summed E-state index contributed by atoms with van der Waals surface area (Å²) in [5.41, 5.74) is 2.12. The molecule has 3 aromatic carbocycles. The number of fused-ring (bicyclic) bond motifs is 5. The molecule has 192 valence electrons. The quantitative estimate of drug-likeness (QED) is 0.487. The van der Waals surface area contributed by atoms with Crippen molar-refractivity contribution in [2.24, 2.45) is 11.8 Å². The summed E-state index contributed by atoms with van der Waals surface area (Å²) >= 11 is 0. The molecule has 38 heavy (non-hydrogen) atoms. The number of imide groups is 1. The highest BCUT2D eigenvalue weighted by molar-refractivity contribution is 6.24. The van der Waals surface area contributed by atoms with Gasteiger partial charge in [0.15, 0.2) is 0 Å². The molecule has 4 atom stereocenters. The fourth-order valence-corrected chi connectivity index (χ4v) is 5.79. The van der Waals surface area contributed by atoms with Crippen molar-refractivity contribution < 1.29 is 27.6 Å². The molecule has 0 aromatic heterocycles. The second kappa shape index (κ2) is 8.58. The van der Waals surface area contributed by atoms with Crippen LogP contribution in [0.2, 0.25) is 0 Å². The van der Waals surface area contributed by atoms with Gasteiger partial charge in [-0.3, -0.25) is 14.4 Å². The van der Waals surface area contributed by atoms with Crippen LogP contribution in [-0.4, -0.2) is 28.7 Å². The fourth-order valence-electron chi connectivity index (χ4n) is 5.79. The van der Waals surface area contributed by atoms with E-state index in [0.29, 0.717) is 5.69 Å². The minimum Gasteiger partial charge on any atom is -0.357 e. The Labute approximate surface area is 216 Å². The third-order valence-corrected chi connectivity index (χ3v) is 7.48. The van der Waals surface area contributed by atoms with Gasteiger partial charge in [0.25, 0.3) is 0 Å². The molecule has 0 aliphatic carbocycles. The van der Waals surface area contributed by atoms with Crippen LogP contribution in [0, 0.1) is 18.8 Å². The summed E-state index contributed by atoms with van der Waals surface area (Å²) in [6.07, 6.45) is -1.07. The van der Waals surface area contributed by atoms with E-state index < -0.39 is 53.4 Å². The molecule has 3 aliphatic rings. The van der Waals surface area contributed by atoms with Gasteiger partial charge in [-0.2, -0.15) is 13.2 Å². The Kier molecular flexibility index (Phi) is 5.41. The average Bonchev–Trinajstić information content (AvgIpc) is 3.37. The first-order chi connectivity index (χ1) is 18.1. The molecule has 0 radical (unpaired) electrons. The first kappa shape index (κ1) is 24.0. The third-order valence-electron chi connectivity index (χ3n) is 7.48. The predicted octanol–water partition coefficient (Wildman–Crippen LogP) is 5.17. The maximum absolute atomic E-state index is 13.8. The largest absolute Gasteiger partial charge is 0.416 e. The zero-order valence-corrected chi connectivity index (χ0v) is 20.1. The highest BCUT2D eigenvalue weighted by Crippen LogP contribution is 2.53. The van der Waals surface area contributed by atoms with Crippen LogP contribution < -0.4 is 10.2 Å². The van der Waals surface area contributed by atoms with E-state index in [1.54, 1.807) is 35.4 Å². The lowest BCUT2D eigenvalue weighted by Gasteiger charge is -2.35. The van der Waals surface area contributed by atoms with Crippen molar-refractivity contribution in [3.63, 3.8) is 0 Å². The first-order valence-electron chi connectivity index (χ1n) is 12.1. The Morgan fingerprint density at radius 2 is 1.61 bits per heavy atom. The van der Waals surface area contributed by atoms with Gasteiger partial charge in [0.2, 0.25) is 17.7 Å².